The van der Waals surface area contributed by atoms with Crippen molar-refractivity contribution in [3.63, 3.8) is 0 Å². The number of hydrogen-bond donors (Lipinski definition) is 2. The fourth-order valence-electron chi connectivity index (χ4n) is 9.21. The summed E-state index contributed by atoms with van der Waals surface area (Å²) in [6, 6.07) is 0. The summed E-state index contributed by atoms with van der Waals surface area (Å²) in [5.74, 6) is 4.61. The largest absolute Gasteiger partial charge is 0.393 e. The van der Waals surface area contributed by atoms with Gasteiger partial charge in [-0.1, -0.05) is 69.8 Å². The first-order valence-corrected chi connectivity index (χ1v) is 14.0. The smallest absolute Gasteiger partial charge is 0.0701 e. The Balaban J connectivity index is 1.54. The van der Waals surface area contributed by atoms with Crippen LogP contribution >= 0.6 is 15.9 Å². The van der Waals surface area contributed by atoms with Gasteiger partial charge in [-0.2, -0.15) is 0 Å². The number of alkyl halides is 1. The van der Waals surface area contributed by atoms with Gasteiger partial charge in [0.05, 0.1) is 12.2 Å². The van der Waals surface area contributed by atoms with E-state index in [1.807, 2.05) is 0 Å². The molecule has 11 atom stereocenters. The molecule has 4 aliphatic rings. The van der Waals surface area contributed by atoms with E-state index in [0.29, 0.717) is 29.1 Å². The van der Waals surface area contributed by atoms with Gasteiger partial charge in [0, 0.05) is 4.83 Å². The lowest BCUT2D eigenvalue weighted by molar-refractivity contribution is -0.169. The van der Waals surface area contributed by atoms with Crippen LogP contribution in [0.5, 0.6) is 0 Å². The van der Waals surface area contributed by atoms with Gasteiger partial charge in [-0.3, -0.25) is 0 Å². The van der Waals surface area contributed by atoms with Crippen LogP contribution in [0.25, 0.3) is 0 Å². The van der Waals surface area contributed by atoms with Crippen LogP contribution in [0.1, 0.15) is 98.8 Å². The molecule has 2 N–H and O–H groups in total. The molecule has 4 aliphatic carbocycles. The average molecular weight is 484 g/mol. The predicted molar refractivity (Wildman–Crippen MR) is 129 cm³/mol. The minimum absolute atomic E-state index is 0.142. The quantitative estimate of drug-likeness (QED) is 0.422. The van der Waals surface area contributed by atoms with Crippen molar-refractivity contribution in [1.82, 2.24) is 0 Å². The monoisotopic (exact) mass is 482 g/mol. The van der Waals surface area contributed by atoms with Gasteiger partial charge >= 0.3 is 0 Å². The highest BCUT2D eigenvalue weighted by atomic mass is 79.9. The molecular weight excluding hydrogens is 436 g/mol. The van der Waals surface area contributed by atoms with Crippen molar-refractivity contribution in [1.29, 1.82) is 0 Å². The van der Waals surface area contributed by atoms with Gasteiger partial charge < -0.3 is 10.2 Å². The molecule has 4 rings (SSSR count). The molecule has 0 aromatic rings. The molecule has 3 heteroatoms. The van der Waals surface area contributed by atoms with Crippen LogP contribution in [0.15, 0.2) is 0 Å². The second-order valence-electron chi connectivity index (χ2n) is 12.8. The zero-order valence-corrected chi connectivity index (χ0v) is 21.7. The van der Waals surface area contributed by atoms with Gasteiger partial charge in [0.15, 0.2) is 0 Å². The number of hydrogen-bond acceptors (Lipinski definition) is 2. The second kappa shape index (κ2) is 8.64. The maximum atomic E-state index is 11.6. The molecule has 174 valence electrons. The SMILES string of the molecule is CC(C)CCC[C@@H](C)[C@@H]1CC[C@@H]2[C@H]3[C@H](O)[C@H](Br)[C@H]4C[C@H](O)CC[C@]4(C)[C@H]3CC[C@@]21C. The van der Waals surface area contributed by atoms with Crippen molar-refractivity contribution in [2.24, 2.45) is 52.3 Å². The first-order chi connectivity index (χ1) is 14.1. The van der Waals surface area contributed by atoms with Gasteiger partial charge in [0.2, 0.25) is 0 Å². The Bertz CT molecular complexity index is 608. The van der Waals surface area contributed by atoms with Crippen LogP contribution in [0.2, 0.25) is 0 Å². The molecule has 4 saturated carbocycles. The standard InChI is InChI=1S/C27H47BrO2/c1-16(2)7-6-8-17(3)19-9-10-20-23-21(12-14-26(19,20)4)27(5)13-11-18(29)15-22(27)24(28)25(23)30/h16-25,29-30H,6-15H2,1-5H3/t17-,18-,19+,20-,21+,22-,23-,24-,25+,26-,27-/m1/s1. The Morgan fingerprint density at radius 3 is 2.23 bits per heavy atom. The molecule has 0 aromatic carbocycles. The van der Waals surface area contributed by atoms with E-state index in [1.165, 1.54) is 44.9 Å². The number of fused-ring (bicyclic) bond motifs is 5. The summed E-state index contributed by atoms with van der Waals surface area (Å²) in [6.45, 7) is 12.3. The minimum atomic E-state index is -0.252. The summed E-state index contributed by atoms with van der Waals surface area (Å²) in [4.78, 5) is 0.142. The predicted octanol–water partition coefficient (Wildman–Crippen LogP) is 6.81. The van der Waals surface area contributed by atoms with Gasteiger partial charge in [-0.15, -0.1) is 0 Å². The zero-order valence-electron chi connectivity index (χ0n) is 20.1. The Kier molecular flexibility index (Phi) is 6.78. The molecule has 0 aromatic heterocycles. The van der Waals surface area contributed by atoms with Crippen LogP contribution in [0.3, 0.4) is 0 Å². The number of halogens is 1. The van der Waals surface area contributed by atoms with E-state index >= 15 is 0 Å². The third kappa shape index (κ3) is 3.75. The summed E-state index contributed by atoms with van der Waals surface area (Å²) < 4.78 is 0. The lowest BCUT2D eigenvalue weighted by atomic mass is 9.43. The van der Waals surface area contributed by atoms with Crippen LogP contribution in [-0.2, 0) is 0 Å². The zero-order chi connectivity index (χ0) is 21.8. The van der Waals surface area contributed by atoms with Gasteiger partial charge in [-0.05, 0) is 97.2 Å². The normalized spacial score (nSPS) is 51.9. The van der Waals surface area contributed by atoms with Crippen LogP contribution < -0.4 is 0 Å². The van der Waals surface area contributed by atoms with Gasteiger partial charge in [0.25, 0.3) is 0 Å². The topological polar surface area (TPSA) is 40.5 Å². The van der Waals surface area contributed by atoms with E-state index in [0.717, 1.165) is 37.0 Å². The second-order valence-corrected chi connectivity index (χ2v) is 13.9. The molecule has 0 aliphatic heterocycles. The molecule has 0 unspecified atom stereocenters. The van der Waals surface area contributed by atoms with Crippen molar-refractivity contribution in [2.75, 3.05) is 0 Å². The lowest BCUT2D eigenvalue weighted by Crippen LogP contribution is -2.62. The van der Waals surface area contributed by atoms with Crippen molar-refractivity contribution in [3.05, 3.63) is 0 Å². The molecule has 0 amide bonds. The fraction of sp³-hybridized carbons (Fsp3) is 1.00. The highest BCUT2D eigenvalue weighted by molar-refractivity contribution is 9.09. The number of rotatable bonds is 5. The molecule has 4 fully saturated rings. The van der Waals surface area contributed by atoms with Crippen molar-refractivity contribution < 1.29 is 10.2 Å². The highest BCUT2D eigenvalue weighted by Gasteiger charge is 2.64. The average Bonchev–Trinajstić information content (AvgIpc) is 3.04. The maximum Gasteiger partial charge on any atom is 0.0701 e. The Morgan fingerprint density at radius 1 is 0.867 bits per heavy atom. The lowest BCUT2D eigenvalue weighted by Gasteiger charge is -2.63. The van der Waals surface area contributed by atoms with Crippen LogP contribution in [-0.4, -0.2) is 27.2 Å². The summed E-state index contributed by atoms with van der Waals surface area (Å²) in [5, 5.41) is 21.9. The summed E-state index contributed by atoms with van der Waals surface area (Å²) >= 11 is 3.97. The summed E-state index contributed by atoms with van der Waals surface area (Å²) in [5.41, 5.74) is 0.684. The van der Waals surface area contributed by atoms with E-state index < -0.39 is 0 Å². The van der Waals surface area contributed by atoms with Crippen molar-refractivity contribution >= 4 is 15.9 Å². The fourth-order valence-corrected chi connectivity index (χ4v) is 10.4. The summed E-state index contributed by atoms with van der Waals surface area (Å²) in [6.07, 6.45) is 11.9. The van der Waals surface area contributed by atoms with E-state index in [4.69, 9.17) is 0 Å². The minimum Gasteiger partial charge on any atom is -0.393 e. The third-order valence-corrected chi connectivity index (χ3v) is 12.1. The molecule has 0 spiro atoms. The van der Waals surface area contributed by atoms with Crippen molar-refractivity contribution in [3.8, 4) is 0 Å². The summed E-state index contributed by atoms with van der Waals surface area (Å²) in [7, 11) is 0. The number of aliphatic hydroxyl groups is 2. The molecule has 0 radical (unpaired) electrons. The maximum absolute atomic E-state index is 11.6. The Morgan fingerprint density at radius 2 is 1.53 bits per heavy atom. The van der Waals surface area contributed by atoms with E-state index in [9.17, 15) is 10.2 Å². The molecule has 0 bridgehead atoms. The third-order valence-electron chi connectivity index (χ3n) is 10.9. The molecule has 0 saturated heterocycles. The van der Waals surface area contributed by atoms with Gasteiger partial charge in [-0.25, -0.2) is 0 Å². The highest BCUT2D eigenvalue weighted by Crippen LogP contribution is 2.69. The van der Waals surface area contributed by atoms with E-state index in [-0.39, 0.29) is 22.5 Å². The molecule has 0 heterocycles. The molecule has 2 nitrogen and oxygen atoms in total. The first-order valence-electron chi connectivity index (χ1n) is 13.1. The molecule has 30 heavy (non-hydrogen) atoms. The molecular formula is C27H47BrO2. The van der Waals surface area contributed by atoms with Crippen LogP contribution in [0, 0.1) is 52.3 Å². The number of aliphatic hydroxyl groups excluding tert-OH is 2. The van der Waals surface area contributed by atoms with E-state index in [2.05, 4.69) is 50.5 Å². The Hall–Kier alpha value is 0.400. The van der Waals surface area contributed by atoms with E-state index in [1.54, 1.807) is 0 Å². The Labute approximate surface area is 194 Å². The van der Waals surface area contributed by atoms with Crippen LogP contribution in [0.4, 0.5) is 0 Å². The first kappa shape index (κ1) is 23.6. The van der Waals surface area contributed by atoms with Gasteiger partial charge in [0.1, 0.15) is 0 Å². The van der Waals surface area contributed by atoms with Crippen molar-refractivity contribution in [2.45, 2.75) is 116 Å².